The van der Waals surface area contributed by atoms with Crippen molar-refractivity contribution >= 4 is 11.6 Å². The molecule has 1 amide bonds. The summed E-state index contributed by atoms with van der Waals surface area (Å²) in [5.41, 5.74) is 10.1. The average Bonchev–Trinajstić information content (AvgIpc) is 2.98. The summed E-state index contributed by atoms with van der Waals surface area (Å²) in [4.78, 5) is 12.3. The topological polar surface area (TPSA) is 65.2 Å². The van der Waals surface area contributed by atoms with Gasteiger partial charge in [-0.2, -0.15) is 5.53 Å². The molecule has 6 heteroatoms. The molecule has 1 aliphatic rings. The Bertz CT molecular complexity index is 635. The Morgan fingerprint density at radius 1 is 1.05 bits per heavy atom. The zero-order chi connectivity index (χ0) is 14.7. The Balaban J connectivity index is 1.74. The van der Waals surface area contributed by atoms with E-state index in [2.05, 4.69) is 21.7 Å². The Hall–Kier alpha value is -2.28. The van der Waals surface area contributed by atoms with Gasteiger partial charge in [0.1, 0.15) is 11.9 Å². The molecule has 108 valence electrons. The molecule has 1 heterocycles. The molecule has 1 fully saturated rings. The molecule has 2 atom stereocenters. The van der Waals surface area contributed by atoms with Gasteiger partial charge < -0.3 is 5.32 Å². The van der Waals surface area contributed by atoms with Crippen LogP contribution in [-0.2, 0) is 4.79 Å². The molecule has 0 aliphatic carbocycles. The molecule has 2 aromatic carbocycles. The van der Waals surface area contributed by atoms with Crippen molar-refractivity contribution in [2.45, 2.75) is 12.1 Å². The molecule has 5 nitrogen and oxygen atoms in total. The number of rotatable bonds is 3. The molecule has 0 spiro atoms. The van der Waals surface area contributed by atoms with Gasteiger partial charge in [0, 0.05) is 5.69 Å². The van der Waals surface area contributed by atoms with Crippen molar-refractivity contribution in [3.63, 3.8) is 0 Å². The first-order chi connectivity index (χ1) is 10.2. The van der Waals surface area contributed by atoms with Crippen molar-refractivity contribution in [2.24, 2.45) is 0 Å². The van der Waals surface area contributed by atoms with Gasteiger partial charge in [0.15, 0.2) is 0 Å². The van der Waals surface area contributed by atoms with Gasteiger partial charge in [-0.25, -0.2) is 15.2 Å². The van der Waals surface area contributed by atoms with Crippen molar-refractivity contribution in [2.75, 3.05) is 5.32 Å². The van der Waals surface area contributed by atoms with Crippen LogP contribution in [0.15, 0.2) is 54.6 Å². The summed E-state index contributed by atoms with van der Waals surface area (Å²) in [6.07, 6.45) is 0. The van der Waals surface area contributed by atoms with E-state index in [9.17, 15) is 9.18 Å². The van der Waals surface area contributed by atoms with Crippen LogP contribution in [0, 0.1) is 5.82 Å². The van der Waals surface area contributed by atoms with Crippen LogP contribution in [0.5, 0.6) is 0 Å². The van der Waals surface area contributed by atoms with Gasteiger partial charge in [-0.3, -0.25) is 4.79 Å². The van der Waals surface area contributed by atoms with Gasteiger partial charge in [-0.15, -0.1) is 0 Å². The predicted molar refractivity (Wildman–Crippen MR) is 77.4 cm³/mol. The number of nitrogens with one attached hydrogen (secondary N) is 4. The molecular weight excluding hydrogens is 271 g/mol. The number of hydrogen-bond acceptors (Lipinski definition) is 4. The maximum atomic E-state index is 13.1. The molecule has 4 N–H and O–H groups in total. The molecule has 1 saturated heterocycles. The third-order valence-electron chi connectivity index (χ3n) is 3.32. The fourth-order valence-electron chi connectivity index (χ4n) is 2.30. The highest BCUT2D eigenvalue weighted by Crippen LogP contribution is 2.20. The van der Waals surface area contributed by atoms with E-state index >= 15 is 0 Å². The summed E-state index contributed by atoms with van der Waals surface area (Å²) >= 11 is 0. The van der Waals surface area contributed by atoms with Crippen LogP contribution in [0.3, 0.4) is 0 Å². The Morgan fingerprint density at radius 3 is 2.62 bits per heavy atom. The van der Waals surface area contributed by atoms with Crippen LogP contribution in [0.2, 0.25) is 0 Å². The Kier molecular flexibility index (Phi) is 3.92. The quantitative estimate of drug-likeness (QED) is 0.690. The van der Waals surface area contributed by atoms with Crippen molar-refractivity contribution in [3.05, 3.63) is 66.0 Å². The summed E-state index contributed by atoms with van der Waals surface area (Å²) in [7, 11) is 0. The molecule has 2 aromatic rings. The summed E-state index contributed by atoms with van der Waals surface area (Å²) in [5.74, 6) is -0.630. The Labute approximate surface area is 121 Å². The minimum Gasteiger partial charge on any atom is -0.325 e. The van der Waals surface area contributed by atoms with Gasteiger partial charge in [0.25, 0.3) is 0 Å². The highest BCUT2D eigenvalue weighted by atomic mass is 19.1. The van der Waals surface area contributed by atoms with Gasteiger partial charge >= 0.3 is 0 Å². The monoisotopic (exact) mass is 286 g/mol. The van der Waals surface area contributed by atoms with E-state index in [1.807, 2.05) is 30.3 Å². The van der Waals surface area contributed by atoms with E-state index in [0.29, 0.717) is 5.69 Å². The predicted octanol–water partition coefficient (Wildman–Crippen LogP) is 1.49. The van der Waals surface area contributed by atoms with E-state index in [-0.39, 0.29) is 17.8 Å². The lowest BCUT2D eigenvalue weighted by molar-refractivity contribution is -0.118. The number of benzene rings is 2. The maximum Gasteiger partial charge on any atom is 0.244 e. The van der Waals surface area contributed by atoms with Crippen molar-refractivity contribution in [1.29, 1.82) is 0 Å². The van der Waals surface area contributed by atoms with E-state index in [4.69, 9.17) is 0 Å². The van der Waals surface area contributed by atoms with Crippen LogP contribution < -0.4 is 21.7 Å². The summed E-state index contributed by atoms with van der Waals surface area (Å²) in [5, 5.41) is 2.70. The van der Waals surface area contributed by atoms with E-state index < -0.39 is 6.04 Å². The second-order valence-corrected chi connectivity index (χ2v) is 4.78. The molecule has 21 heavy (non-hydrogen) atoms. The number of hydrogen-bond donors (Lipinski definition) is 4. The minimum absolute atomic E-state index is 0.209. The minimum atomic E-state index is -0.504. The average molecular weight is 286 g/mol. The van der Waals surface area contributed by atoms with Gasteiger partial charge in [-0.05, 0) is 23.8 Å². The van der Waals surface area contributed by atoms with Crippen LogP contribution >= 0.6 is 0 Å². The molecule has 0 aromatic heterocycles. The molecule has 1 aliphatic heterocycles. The summed E-state index contributed by atoms with van der Waals surface area (Å²) < 4.78 is 13.1. The third kappa shape index (κ3) is 3.08. The molecule has 0 radical (unpaired) electrons. The van der Waals surface area contributed by atoms with Crippen molar-refractivity contribution < 1.29 is 9.18 Å². The number of hydrazine groups is 2. The maximum absolute atomic E-state index is 13.1. The lowest BCUT2D eigenvalue weighted by Gasteiger charge is -2.18. The normalized spacial score (nSPS) is 21.2. The molecule has 0 saturated carbocycles. The van der Waals surface area contributed by atoms with Crippen LogP contribution in [0.4, 0.5) is 10.1 Å². The lowest BCUT2D eigenvalue weighted by atomic mass is 10.0. The highest BCUT2D eigenvalue weighted by Gasteiger charge is 2.33. The van der Waals surface area contributed by atoms with Crippen molar-refractivity contribution in [1.82, 2.24) is 16.4 Å². The molecule has 3 rings (SSSR count). The van der Waals surface area contributed by atoms with Crippen molar-refractivity contribution in [3.8, 4) is 0 Å². The Morgan fingerprint density at radius 2 is 1.86 bits per heavy atom. The third-order valence-corrected chi connectivity index (χ3v) is 3.32. The van der Waals surface area contributed by atoms with Crippen LogP contribution in [0.25, 0.3) is 0 Å². The zero-order valence-corrected chi connectivity index (χ0v) is 11.1. The van der Waals surface area contributed by atoms with Gasteiger partial charge in [0.05, 0.1) is 6.04 Å². The SMILES string of the molecule is O=C(Nc1cccc(F)c1)C1NNNC1c1ccccc1. The smallest absolute Gasteiger partial charge is 0.244 e. The standard InChI is InChI=1S/C15H15FN4O/c16-11-7-4-8-12(9-11)17-15(21)14-13(18-20-19-14)10-5-2-1-3-6-10/h1-9,13-14,18-20H,(H,17,21). The van der Waals surface area contributed by atoms with Gasteiger partial charge in [-0.1, -0.05) is 36.4 Å². The first-order valence-electron chi connectivity index (χ1n) is 6.61. The second kappa shape index (κ2) is 6.01. The molecular formula is C15H15FN4O. The molecule has 2 unspecified atom stereocenters. The summed E-state index contributed by atoms with van der Waals surface area (Å²) in [6.45, 7) is 0. The number of carbonyl (C=O) groups excluding carboxylic acids is 1. The van der Waals surface area contributed by atoms with E-state index in [1.165, 1.54) is 12.1 Å². The number of anilines is 1. The van der Waals surface area contributed by atoms with E-state index in [0.717, 1.165) is 5.56 Å². The zero-order valence-electron chi connectivity index (χ0n) is 11.1. The fourth-order valence-corrected chi connectivity index (χ4v) is 2.30. The second-order valence-electron chi connectivity index (χ2n) is 4.78. The fraction of sp³-hybridized carbons (Fsp3) is 0.133. The highest BCUT2D eigenvalue weighted by molar-refractivity contribution is 5.95. The first kappa shape index (κ1) is 13.7. The number of amides is 1. The van der Waals surface area contributed by atoms with Gasteiger partial charge in [0.2, 0.25) is 5.91 Å². The first-order valence-corrected chi connectivity index (χ1v) is 6.61. The number of carbonyl (C=O) groups is 1. The van der Waals surface area contributed by atoms with Crippen LogP contribution in [0.1, 0.15) is 11.6 Å². The van der Waals surface area contributed by atoms with Crippen LogP contribution in [-0.4, -0.2) is 11.9 Å². The lowest BCUT2D eigenvalue weighted by Crippen LogP contribution is -2.41. The molecule has 0 bridgehead atoms. The largest absolute Gasteiger partial charge is 0.325 e. The summed E-state index contributed by atoms with van der Waals surface area (Å²) in [6, 6.07) is 14.7. The number of halogens is 1. The van der Waals surface area contributed by atoms with E-state index in [1.54, 1.807) is 12.1 Å².